The van der Waals surface area contributed by atoms with E-state index >= 15 is 0 Å². The van der Waals surface area contributed by atoms with Gasteiger partial charge in [-0.25, -0.2) is 0 Å². The Balaban J connectivity index is 2.06. The standard InChI is InChI=1S/C18H19Cl2N/c1-21-12-10-18(11-13-21,14-2-6-16(19)7-3-14)15-4-8-17(20)9-5-15/h2-9H,10-13H2,1H3. The number of piperidine rings is 1. The van der Waals surface area contributed by atoms with E-state index in [4.69, 9.17) is 23.2 Å². The van der Waals surface area contributed by atoms with Crippen LogP contribution in [0.25, 0.3) is 0 Å². The summed E-state index contributed by atoms with van der Waals surface area (Å²) in [5, 5.41) is 1.58. The highest BCUT2D eigenvalue weighted by Crippen LogP contribution is 2.42. The molecule has 2 aromatic carbocycles. The smallest absolute Gasteiger partial charge is 0.0406 e. The van der Waals surface area contributed by atoms with Crippen molar-refractivity contribution in [2.75, 3.05) is 20.1 Å². The van der Waals surface area contributed by atoms with E-state index in [1.165, 1.54) is 11.1 Å². The van der Waals surface area contributed by atoms with Gasteiger partial charge < -0.3 is 4.90 Å². The van der Waals surface area contributed by atoms with Crippen LogP contribution in [-0.2, 0) is 5.41 Å². The highest BCUT2D eigenvalue weighted by atomic mass is 35.5. The number of rotatable bonds is 2. The second-order valence-electron chi connectivity index (χ2n) is 5.90. The number of benzene rings is 2. The first-order valence-electron chi connectivity index (χ1n) is 7.31. The van der Waals surface area contributed by atoms with E-state index < -0.39 is 0 Å². The van der Waals surface area contributed by atoms with E-state index in [0.29, 0.717) is 0 Å². The first kappa shape index (κ1) is 14.9. The van der Waals surface area contributed by atoms with Gasteiger partial charge >= 0.3 is 0 Å². The molecular weight excluding hydrogens is 301 g/mol. The third-order valence-corrected chi connectivity index (χ3v) is 5.14. The number of halogens is 2. The molecule has 1 aliphatic heterocycles. The molecule has 3 heteroatoms. The monoisotopic (exact) mass is 319 g/mol. The van der Waals surface area contributed by atoms with E-state index in [-0.39, 0.29) is 5.41 Å². The molecule has 0 radical (unpaired) electrons. The number of hydrogen-bond acceptors (Lipinski definition) is 1. The Morgan fingerprint density at radius 1 is 0.762 bits per heavy atom. The van der Waals surface area contributed by atoms with Crippen molar-refractivity contribution in [3.63, 3.8) is 0 Å². The molecule has 0 atom stereocenters. The van der Waals surface area contributed by atoms with Crippen molar-refractivity contribution in [1.82, 2.24) is 4.90 Å². The zero-order valence-corrected chi connectivity index (χ0v) is 13.7. The third-order valence-electron chi connectivity index (χ3n) is 4.63. The van der Waals surface area contributed by atoms with Gasteiger partial charge in [0.05, 0.1) is 0 Å². The summed E-state index contributed by atoms with van der Waals surface area (Å²) >= 11 is 12.1. The highest BCUT2D eigenvalue weighted by Gasteiger charge is 2.36. The van der Waals surface area contributed by atoms with Crippen molar-refractivity contribution in [2.24, 2.45) is 0 Å². The van der Waals surface area contributed by atoms with Gasteiger partial charge in [-0.2, -0.15) is 0 Å². The molecule has 0 N–H and O–H groups in total. The molecule has 1 fully saturated rings. The Labute approximate surface area is 136 Å². The minimum absolute atomic E-state index is 0.0711. The second kappa shape index (κ2) is 6.00. The summed E-state index contributed by atoms with van der Waals surface area (Å²) in [4.78, 5) is 2.39. The number of nitrogens with zero attached hydrogens (tertiary/aromatic N) is 1. The van der Waals surface area contributed by atoms with Crippen LogP contribution >= 0.6 is 23.2 Å². The van der Waals surface area contributed by atoms with E-state index in [1.807, 2.05) is 24.3 Å². The van der Waals surface area contributed by atoms with Gasteiger partial charge in [0.25, 0.3) is 0 Å². The lowest BCUT2D eigenvalue weighted by Crippen LogP contribution is -2.41. The Bertz CT molecular complexity index is 549. The lowest BCUT2D eigenvalue weighted by Gasteiger charge is -2.42. The summed E-state index contributed by atoms with van der Waals surface area (Å²) in [6.07, 6.45) is 2.24. The zero-order chi connectivity index (χ0) is 14.9. The van der Waals surface area contributed by atoms with Crippen molar-refractivity contribution in [1.29, 1.82) is 0 Å². The fourth-order valence-corrected chi connectivity index (χ4v) is 3.53. The first-order chi connectivity index (χ1) is 10.1. The Morgan fingerprint density at radius 3 is 1.52 bits per heavy atom. The minimum atomic E-state index is 0.0711. The summed E-state index contributed by atoms with van der Waals surface area (Å²) in [5.74, 6) is 0. The molecule has 1 saturated heterocycles. The Kier molecular flexibility index (Phi) is 4.26. The molecule has 0 amide bonds. The van der Waals surface area contributed by atoms with Crippen LogP contribution in [0.4, 0.5) is 0 Å². The lowest BCUT2D eigenvalue weighted by atomic mass is 9.68. The fourth-order valence-electron chi connectivity index (χ4n) is 3.28. The van der Waals surface area contributed by atoms with Gasteiger partial charge in [0.15, 0.2) is 0 Å². The quantitative estimate of drug-likeness (QED) is 0.752. The molecule has 0 unspecified atom stereocenters. The van der Waals surface area contributed by atoms with Gasteiger partial charge in [-0.3, -0.25) is 0 Å². The first-order valence-corrected chi connectivity index (χ1v) is 8.06. The molecule has 21 heavy (non-hydrogen) atoms. The molecule has 1 aliphatic rings. The van der Waals surface area contributed by atoms with Gasteiger partial charge in [0, 0.05) is 15.5 Å². The summed E-state index contributed by atoms with van der Waals surface area (Å²) in [5.41, 5.74) is 2.77. The predicted octanol–water partition coefficient (Wildman–Crippen LogP) is 5.01. The van der Waals surface area contributed by atoms with Gasteiger partial charge in [-0.05, 0) is 68.4 Å². The average molecular weight is 320 g/mol. The van der Waals surface area contributed by atoms with Gasteiger partial charge in [-0.1, -0.05) is 47.5 Å². The minimum Gasteiger partial charge on any atom is -0.306 e. The van der Waals surface area contributed by atoms with Crippen LogP contribution in [-0.4, -0.2) is 25.0 Å². The molecule has 1 nitrogen and oxygen atoms in total. The van der Waals surface area contributed by atoms with Crippen LogP contribution in [0.2, 0.25) is 10.0 Å². The maximum atomic E-state index is 6.06. The molecule has 0 aliphatic carbocycles. The van der Waals surface area contributed by atoms with E-state index in [0.717, 1.165) is 36.0 Å². The second-order valence-corrected chi connectivity index (χ2v) is 6.77. The van der Waals surface area contributed by atoms with Crippen LogP contribution in [0.15, 0.2) is 48.5 Å². The largest absolute Gasteiger partial charge is 0.306 e. The summed E-state index contributed by atoms with van der Waals surface area (Å²) in [7, 11) is 2.19. The zero-order valence-electron chi connectivity index (χ0n) is 12.2. The van der Waals surface area contributed by atoms with Crippen molar-refractivity contribution < 1.29 is 0 Å². The summed E-state index contributed by atoms with van der Waals surface area (Å²) in [6, 6.07) is 16.6. The van der Waals surface area contributed by atoms with E-state index in [2.05, 4.69) is 36.2 Å². The number of hydrogen-bond donors (Lipinski definition) is 0. The SMILES string of the molecule is CN1CCC(c2ccc(Cl)cc2)(c2ccc(Cl)cc2)CC1. The summed E-state index contributed by atoms with van der Waals surface area (Å²) in [6.45, 7) is 2.20. The molecule has 0 bridgehead atoms. The molecule has 3 rings (SSSR count). The molecule has 0 aromatic heterocycles. The van der Waals surface area contributed by atoms with Gasteiger partial charge in [0.1, 0.15) is 0 Å². The normalized spacial score (nSPS) is 18.6. The number of likely N-dealkylation sites (tertiary alicyclic amines) is 1. The molecular formula is C18H19Cl2N. The fraction of sp³-hybridized carbons (Fsp3) is 0.333. The molecule has 1 heterocycles. The molecule has 0 saturated carbocycles. The molecule has 110 valence electrons. The van der Waals surface area contributed by atoms with Crippen molar-refractivity contribution in [3.05, 3.63) is 69.7 Å². The average Bonchev–Trinajstić information content (AvgIpc) is 2.50. The molecule has 0 spiro atoms. The van der Waals surface area contributed by atoms with Crippen LogP contribution in [0.3, 0.4) is 0 Å². The van der Waals surface area contributed by atoms with Crippen molar-refractivity contribution in [3.8, 4) is 0 Å². The van der Waals surface area contributed by atoms with Crippen molar-refractivity contribution in [2.45, 2.75) is 18.3 Å². The predicted molar refractivity (Wildman–Crippen MR) is 90.4 cm³/mol. The van der Waals surface area contributed by atoms with Crippen LogP contribution in [0.5, 0.6) is 0 Å². The third kappa shape index (κ3) is 2.96. The van der Waals surface area contributed by atoms with Crippen molar-refractivity contribution >= 4 is 23.2 Å². The van der Waals surface area contributed by atoms with E-state index in [1.54, 1.807) is 0 Å². The molecule has 2 aromatic rings. The van der Waals surface area contributed by atoms with E-state index in [9.17, 15) is 0 Å². The maximum absolute atomic E-state index is 6.06. The highest BCUT2D eigenvalue weighted by molar-refractivity contribution is 6.30. The Morgan fingerprint density at radius 2 is 1.14 bits per heavy atom. The van der Waals surface area contributed by atoms with Crippen LogP contribution < -0.4 is 0 Å². The van der Waals surface area contributed by atoms with Crippen LogP contribution in [0.1, 0.15) is 24.0 Å². The topological polar surface area (TPSA) is 3.24 Å². The van der Waals surface area contributed by atoms with Gasteiger partial charge in [0.2, 0.25) is 0 Å². The lowest BCUT2D eigenvalue weighted by molar-refractivity contribution is 0.213. The van der Waals surface area contributed by atoms with Crippen LogP contribution in [0, 0.1) is 0 Å². The maximum Gasteiger partial charge on any atom is 0.0406 e. The van der Waals surface area contributed by atoms with Gasteiger partial charge in [-0.15, -0.1) is 0 Å². The Hall–Kier alpha value is -1.02. The summed E-state index contributed by atoms with van der Waals surface area (Å²) < 4.78 is 0.